The molecule has 0 fully saturated rings. The topological polar surface area (TPSA) is 20.3 Å². The van der Waals surface area contributed by atoms with Crippen molar-refractivity contribution in [2.24, 2.45) is 0 Å². The molecule has 3 heteroatoms. The number of amides is 1. The molecule has 0 bridgehead atoms. The Morgan fingerprint density at radius 1 is 1.18 bits per heavy atom. The molecule has 0 saturated heterocycles. The molecule has 0 atom stereocenters. The molecule has 0 unspecified atom stereocenters. The molecule has 1 aliphatic rings. The minimum Gasteiger partial charge on any atom is -0.367 e. The molecule has 1 amide bonds. The summed E-state index contributed by atoms with van der Waals surface area (Å²) in [5, 5.41) is 0. The SMILES string of the molecule is C[C-]=C1C(=O)N(C(C)(C)C)c2ccccc21.[Rf]. The Labute approximate surface area is 96.6 Å². The first kappa shape index (κ1) is 12.5. The standard InChI is InChI=1S/C14H16NO.Rf/c1-5-10-11-8-6-7-9-12(11)15(13(10)16)14(2,3)4;/h6-9H,1-4H3;/q-1;. The quantitative estimate of drug-likeness (QED) is 0.412. The average molecular weight is 481 g/mol. The van der Waals surface area contributed by atoms with Gasteiger partial charge in [-0.2, -0.15) is 6.08 Å². The van der Waals surface area contributed by atoms with Crippen molar-refractivity contribution in [1.82, 2.24) is 0 Å². The molecule has 17 heavy (non-hydrogen) atoms. The number of para-hydroxylation sites is 1. The van der Waals surface area contributed by atoms with E-state index in [2.05, 4.69) is 6.08 Å². The second-order valence-electron chi connectivity index (χ2n) is 4.95. The van der Waals surface area contributed by atoms with Gasteiger partial charge in [0, 0.05) is 5.54 Å². The second kappa shape index (κ2) is 3.78. The Bertz CT molecular complexity index is 471. The van der Waals surface area contributed by atoms with Crippen molar-refractivity contribution < 1.29 is 4.79 Å². The summed E-state index contributed by atoms with van der Waals surface area (Å²) in [5.74, 6) is 0.0520. The number of carbonyl (C=O) groups is 1. The van der Waals surface area contributed by atoms with Gasteiger partial charge in [-0.1, -0.05) is 25.1 Å². The molecule has 0 aromatic heterocycles. The molecule has 2 rings (SSSR count). The molecule has 86 valence electrons. The molecule has 1 aromatic rings. The molecule has 0 spiro atoms. The van der Waals surface area contributed by atoms with E-state index < -0.39 is 0 Å². The molecule has 0 radical (unpaired) electrons. The Morgan fingerprint density at radius 3 is 2.29 bits per heavy atom. The van der Waals surface area contributed by atoms with Crippen LogP contribution in [-0.4, -0.2) is 11.4 Å². The average Bonchev–Trinajstić information content (AvgIpc) is 2.48. The summed E-state index contributed by atoms with van der Waals surface area (Å²) in [5.41, 5.74) is 2.46. The van der Waals surface area contributed by atoms with Crippen LogP contribution in [0.15, 0.2) is 24.3 Å². The smallest absolute Gasteiger partial charge is 0.142 e. The number of carbonyl (C=O) groups excluding carboxylic acids is 1. The van der Waals surface area contributed by atoms with Crippen LogP contribution in [0.1, 0.15) is 33.3 Å². The maximum atomic E-state index is 12.3. The van der Waals surface area contributed by atoms with Crippen LogP contribution in [0.3, 0.4) is 0 Å². The van der Waals surface area contributed by atoms with Gasteiger partial charge in [-0.25, -0.2) is 0 Å². The van der Waals surface area contributed by atoms with Gasteiger partial charge in [-0.3, -0.25) is 0 Å². The minimum absolute atomic E-state index is 0. The molecule has 0 saturated carbocycles. The predicted octanol–water partition coefficient (Wildman–Crippen LogP) is 3.04. The van der Waals surface area contributed by atoms with Crippen LogP contribution >= 0.6 is 0 Å². The van der Waals surface area contributed by atoms with Crippen LogP contribution in [0.4, 0.5) is 5.69 Å². The summed E-state index contributed by atoms with van der Waals surface area (Å²) in [6, 6.07) is 7.88. The second-order valence-corrected chi connectivity index (χ2v) is 4.95. The summed E-state index contributed by atoms with van der Waals surface area (Å²) >= 11 is 0. The van der Waals surface area contributed by atoms with E-state index in [0.717, 1.165) is 11.3 Å². The van der Waals surface area contributed by atoms with Crippen molar-refractivity contribution in [1.29, 1.82) is 0 Å². The number of allylic oxidation sites excluding steroid dienone is 1. The largest absolute Gasteiger partial charge is 0.367 e. The first-order chi connectivity index (χ1) is 7.46. The van der Waals surface area contributed by atoms with Gasteiger partial charge in [-0.15, -0.1) is 17.2 Å². The fourth-order valence-corrected chi connectivity index (χ4v) is 2.12. The van der Waals surface area contributed by atoms with Gasteiger partial charge in [-0.05, 0) is 26.5 Å². The zero-order valence-corrected chi connectivity index (χ0v) is 17.3. The van der Waals surface area contributed by atoms with Gasteiger partial charge in [0.05, 0.1) is 0 Å². The number of hydrogen-bond donors (Lipinski definition) is 0. The van der Waals surface area contributed by atoms with Gasteiger partial charge in [0.25, 0.3) is 0 Å². The number of fused-ring (bicyclic) bond motifs is 1. The third-order valence-electron chi connectivity index (χ3n) is 2.75. The maximum absolute atomic E-state index is 12.3. The number of hydrogen-bond acceptors (Lipinski definition) is 1. The van der Waals surface area contributed by atoms with Crippen molar-refractivity contribution in [3.63, 3.8) is 0 Å². The summed E-state index contributed by atoms with van der Waals surface area (Å²) in [4.78, 5) is 14.1. The number of anilines is 1. The number of rotatable bonds is 0. The van der Waals surface area contributed by atoms with Crippen LogP contribution in [0.5, 0.6) is 0 Å². The number of nitrogens with zero attached hydrogens (tertiary/aromatic N) is 1. The van der Waals surface area contributed by atoms with Crippen molar-refractivity contribution >= 4 is 17.2 Å². The maximum Gasteiger partial charge on any atom is 0.142 e. The van der Waals surface area contributed by atoms with Gasteiger partial charge >= 0.3 is 0 Å². The van der Waals surface area contributed by atoms with Crippen molar-refractivity contribution in [2.45, 2.75) is 33.2 Å². The third kappa shape index (κ3) is 1.67. The van der Waals surface area contributed by atoms with E-state index in [1.54, 1.807) is 6.92 Å². The van der Waals surface area contributed by atoms with E-state index in [4.69, 9.17) is 0 Å². The Kier molecular flexibility index (Phi) is 2.78. The van der Waals surface area contributed by atoms with Crippen molar-refractivity contribution in [2.75, 3.05) is 4.90 Å². The first-order valence-electron chi connectivity index (χ1n) is 5.45. The van der Waals surface area contributed by atoms with E-state index >= 15 is 0 Å². The Hall–Kier alpha value is -2.57. The fraction of sp³-hybridized carbons (Fsp3) is 0.357. The zero-order valence-electron chi connectivity index (χ0n) is 10.9. The zero-order chi connectivity index (χ0) is 11.9. The minimum atomic E-state index is -0.203. The summed E-state index contributed by atoms with van der Waals surface area (Å²) in [6.07, 6.45) is 3.00. The monoisotopic (exact) mass is 481 g/mol. The van der Waals surface area contributed by atoms with Gasteiger partial charge in [0.15, 0.2) is 0 Å². The summed E-state index contributed by atoms with van der Waals surface area (Å²) < 4.78 is 0. The fourth-order valence-electron chi connectivity index (χ4n) is 2.12. The molecule has 1 aliphatic heterocycles. The van der Waals surface area contributed by atoms with Crippen LogP contribution < -0.4 is 4.90 Å². The number of benzene rings is 1. The molecule has 1 heterocycles. The van der Waals surface area contributed by atoms with E-state index in [1.807, 2.05) is 49.9 Å². The van der Waals surface area contributed by atoms with Crippen molar-refractivity contribution in [3.05, 3.63) is 35.9 Å². The van der Waals surface area contributed by atoms with E-state index in [9.17, 15) is 4.79 Å². The van der Waals surface area contributed by atoms with Crippen LogP contribution in [0.25, 0.3) is 5.57 Å². The van der Waals surface area contributed by atoms with Crippen molar-refractivity contribution in [3.8, 4) is 0 Å². The Balaban J connectivity index is 0.00000144. The van der Waals surface area contributed by atoms with E-state index in [-0.39, 0.29) is 11.4 Å². The molecule has 2 nitrogen and oxygen atoms in total. The molecule has 0 N–H and O–H groups in total. The van der Waals surface area contributed by atoms with E-state index in [1.165, 1.54) is 0 Å². The predicted molar refractivity (Wildman–Crippen MR) is 66.0 cm³/mol. The summed E-state index contributed by atoms with van der Waals surface area (Å²) in [7, 11) is 0. The normalized spacial score (nSPS) is 17.1. The summed E-state index contributed by atoms with van der Waals surface area (Å²) in [6.45, 7) is 7.91. The van der Waals surface area contributed by atoms with Crippen LogP contribution in [0, 0.1) is 6.08 Å². The van der Waals surface area contributed by atoms with Gasteiger partial charge in [0.2, 0.25) is 0 Å². The van der Waals surface area contributed by atoms with Crippen LogP contribution in [-0.2, 0) is 4.79 Å². The van der Waals surface area contributed by atoms with Gasteiger partial charge in [0.1, 0.15) is 5.91 Å². The first-order valence-corrected chi connectivity index (χ1v) is 5.45. The Morgan fingerprint density at radius 2 is 1.76 bits per heavy atom. The molecular weight excluding hydrogens is 465 g/mol. The molecule has 0 aliphatic carbocycles. The molecular formula is C14H16NORf-. The van der Waals surface area contributed by atoms with Gasteiger partial charge < -0.3 is 9.69 Å². The molecule has 1 aromatic carbocycles. The van der Waals surface area contributed by atoms with E-state index in [0.29, 0.717) is 5.57 Å². The van der Waals surface area contributed by atoms with Crippen LogP contribution in [0.2, 0.25) is 0 Å². The third-order valence-corrected chi connectivity index (χ3v) is 2.75.